The normalized spacial score (nSPS) is 14.1. The Morgan fingerprint density at radius 3 is 1.06 bits per heavy atom. The number of carbonyl (C=O) groups excluding carboxylic acids is 2. The van der Waals surface area contributed by atoms with Gasteiger partial charge in [-0.3, -0.25) is 14.4 Å². The summed E-state index contributed by atoms with van der Waals surface area (Å²) in [5, 5.41) is 33.5. The molecular formula is C56H60B55Cl3F3N12O8S2. The first-order valence-electron chi connectivity index (χ1n) is 43.8. The third-order valence-electron chi connectivity index (χ3n) is 24.5. The van der Waals surface area contributed by atoms with Crippen molar-refractivity contribution in [1.29, 1.82) is 0 Å². The number of carboxylic acids is 2. The number of rotatable bonds is 39. The molecule has 4 aliphatic rings. The molecule has 5 N–H and O–H groups in total. The molecule has 611 valence electrons. The lowest BCUT2D eigenvalue weighted by Gasteiger charge is -2.58. The molecule has 0 bridgehead atoms. The number of carbonyl (C=O) groups is 4. The fourth-order valence-electron chi connectivity index (χ4n) is 18.7. The number of aryl methyl sites for hydroxylation is 2. The number of hydrogen-bond donors (Lipinski definition) is 5. The third kappa shape index (κ3) is 33.6. The van der Waals surface area contributed by atoms with E-state index in [4.69, 9.17) is 276 Å². The highest BCUT2D eigenvalue weighted by atomic mass is 35.5. The van der Waals surface area contributed by atoms with E-state index in [1.165, 1.54) is 65.4 Å². The van der Waals surface area contributed by atoms with Crippen LogP contribution in [0.15, 0.2) is 104 Å². The lowest BCUT2D eigenvalue weighted by atomic mass is 8.23. The highest BCUT2D eigenvalue weighted by Crippen LogP contribution is 2.43. The van der Waals surface area contributed by atoms with Gasteiger partial charge in [-0.1, -0.05) is 42.8 Å². The number of esters is 2. The number of anilines is 1. The van der Waals surface area contributed by atoms with Gasteiger partial charge >= 0.3 is 23.9 Å². The van der Waals surface area contributed by atoms with Crippen LogP contribution in [0.25, 0.3) is 0 Å². The first-order valence-corrected chi connectivity index (χ1v) is 46.7. The molecule has 2 unspecified atom stereocenters. The van der Waals surface area contributed by atoms with Crippen molar-refractivity contribution in [2.24, 2.45) is 21.8 Å². The van der Waals surface area contributed by atoms with E-state index in [9.17, 15) is 37.5 Å². The number of aliphatic imine (C=N–C) groups is 2. The number of carboxylic acid groups (broad SMARTS) is 2. The fourth-order valence-corrected chi connectivity index (χ4v) is 20.6. The first-order chi connectivity index (χ1) is 65.0. The van der Waals surface area contributed by atoms with Crippen molar-refractivity contribution >= 4 is 489 Å². The van der Waals surface area contributed by atoms with Crippen molar-refractivity contribution in [3.63, 3.8) is 0 Å². The number of thiazole rings is 2. The second-order valence-electron chi connectivity index (χ2n) is 33.6. The van der Waals surface area contributed by atoms with E-state index in [1.54, 1.807) is 46.2 Å². The standard InChI is InChI=1S/C27H26ClFN6O4S.C21H22ClFN4O2S.C6H5ClN2O2.CH3F.CH4.B55/c1-3-39-26(38)19-21(15-6-9-35(10-7-15)27-31-13-14(2)20(34-27)25(36)37)32-23(24-30-8-11-40-24)33-22(19)17-5-4-16(29)12-18(17)28;1-2-29-21(28)16-17(12-5-7-24-8-6-12)26-19(20-25-9-10-30-20)27-18(16)14-4-3-13(23)11-15(14)22;1-3-2-8-6(7)9-4(3)5(10)11;1-2;;1-29-43(28)50(42(26)27)54(51(44(30(2)3)31(4)5)45(32(6)7)33(8)9)55(52(46(34(10)11)35(12)13)47(36(14)15)37(16)17)53(48(38(18)19)39(20)21)49(40(22)23)41(24)25/h4-5,8,11-13,15,22H,3,6-7,9-10H2,1-2H3,(H,32,33)(H,36,37);3-4,9-12,18,24H,2,5-8H2,1H3,(H,26,27);2H,1H3,(H,10,11);1H3;1H4;. The molecule has 4 aliphatic heterocycles. The predicted octanol–water partition coefficient (Wildman–Crippen LogP) is -10.2. The van der Waals surface area contributed by atoms with Crippen LogP contribution in [0.5, 0.6) is 0 Å². The molecule has 4 aromatic heterocycles. The zero-order valence-electron chi connectivity index (χ0n) is 77.0. The number of alkyl halides is 1. The van der Waals surface area contributed by atoms with Gasteiger partial charge in [0.25, 0.3) is 0 Å². The molecular weight excluding hydrogens is 1790 g/mol. The van der Waals surface area contributed by atoms with Gasteiger partial charge in [0.05, 0.1) is 31.5 Å². The summed E-state index contributed by atoms with van der Waals surface area (Å²) in [5.74, 6) is -2.66. The summed E-state index contributed by atoms with van der Waals surface area (Å²) in [7, 11) is 184. The molecule has 0 amide bonds. The van der Waals surface area contributed by atoms with Crippen LogP contribution in [0.3, 0.4) is 0 Å². The van der Waals surface area contributed by atoms with Crippen LogP contribution in [0.1, 0.15) is 112 Å². The second kappa shape index (κ2) is 60.0. The molecule has 57 radical (unpaired) electrons. The summed E-state index contributed by atoms with van der Waals surface area (Å²) in [6, 6.07) is 6.63. The molecule has 10 rings (SSSR count). The van der Waals surface area contributed by atoms with E-state index in [-0.39, 0.29) is 59.2 Å². The minimum absolute atomic E-state index is 0. The van der Waals surface area contributed by atoms with Crippen LogP contribution in [0, 0.1) is 37.3 Å². The SMILES string of the molecule is C.CCOC(=O)C1=C(C2CCN(c3ncc(C)c(C(=O)O)n3)CC2)NC(c2nccs2)=NC1c1ccc(F)cc1Cl.CCOC(=O)C1=C(C2CCNCC2)NC(c2nccs2)=NC1c1ccc(F)cc1Cl.CF.Cc1cnc(Cl)nc1C(=O)O.[B][B]B([B])B(B([B])[B])B(B(B(B([B])[B])B([B])[B])B(B([B])[B])B([B])[B])B(B(B(B([B])[B])B([B])[B])B(B([B])[B])B([B])[B])B(B(B([B])[B])B([B])[B])B(B([B])[B])B([B])[B]. The number of halogens is 6. The van der Waals surface area contributed by atoms with Crippen molar-refractivity contribution < 1.29 is 52.0 Å². The van der Waals surface area contributed by atoms with Gasteiger partial charge in [-0.25, -0.2) is 57.9 Å². The number of allylic oxidation sites excluding steroid dienone is 2. The fraction of sp³-hybridized carbons (Fsp3) is 0.357. The molecule has 6 aromatic rings. The van der Waals surface area contributed by atoms with Crippen LogP contribution in [-0.2, 0) is 19.1 Å². The maximum Gasteiger partial charge on any atom is 0.354 e. The maximum absolute atomic E-state index is 13.9. The van der Waals surface area contributed by atoms with Crippen LogP contribution < -0.4 is 20.9 Å². The Hall–Kier alpha value is -3.85. The van der Waals surface area contributed by atoms with Gasteiger partial charge in [0.15, 0.2) is 33.1 Å². The summed E-state index contributed by atoms with van der Waals surface area (Å²) in [4.78, 5) is 84.5. The van der Waals surface area contributed by atoms with Crippen LogP contribution in [0.2, 0.25) is 15.3 Å². The van der Waals surface area contributed by atoms with Gasteiger partial charge in [0, 0.05) is 494 Å². The van der Waals surface area contributed by atoms with Crippen molar-refractivity contribution in [3.8, 4) is 0 Å². The molecule has 8 heterocycles. The summed E-state index contributed by atoms with van der Waals surface area (Å²) in [5.41, 5.74) is 4.13. The number of amidine groups is 2. The highest BCUT2D eigenvalue weighted by molar-refractivity contribution is 8.36. The zero-order valence-corrected chi connectivity index (χ0v) is 80.9. The van der Waals surface area contributed by atoms with Crippen LogP contribution in [-0.4, -0.2) is 512 Å². The largest absolute Gasteiger partial charge is 0.476 e. The van der Waals surface area contributed by atoms with Gasteiger partial charge in [-0.2, -0.15) is 0 Å². The Labute approximate surface area is 890 Å². The lowest BCUT2D eigenvalue weighted by Crippen LogP contribution is -2.96. The molecule has 20 nitrogen and oxygen atoms in total. The number of piperidine rings is 2. The Balaban J connectivity index is 0.000000354. The van der Waals surface area contributed by atoms with E-state index in [0.29, 0.717) is 99.8 Å². The Kier molecular flexibility index (Phi) is 54.2. The Bertz CT molecular complexity index is 4890. The van der Waals surface area contributed by atoms with Gasteiger partial charge in [0.1, 0.15) is 23.7 Å². The molecule has 0 aliphatic carbocycles. The molecule has 2 fully saturated rings. The minimum Gasteiger partial charge on any atom is -0.476 e. The van der Waals surface area contributed by atoms with Crippen molar-refractivity contribution in [1.82, 2.24) is 45.9 Å². The Morgan fingerprint density at radius 1 is 0.468 bits per heavy atom. The van der Waals surface area contributed by atoms with Gasteiger partial charge < -0.3 is 40.5 Å². The monoisotopic (exact) mass is 1860 g/mol. The van der Waals surface area contributed by atoms with Crippen molar-refractivity contribution in [2.45, 2.75) is 72.9 Å². The number of ether oxygens (including phenoxy) is 2. The molecule has 2 aromatic carbocycles. The van der Waals surface area contributed by atoms with E-state index >= 15 is 0 Å². The predicted molar refractivity (Wildman–Crippen MR) is 632 cm³/mol. The van der Waals surface area contributed by atoms with Crippen LogP contribution >= 0.6 is 57.5 Å². The highest BCUT2D eigenvalue weighted by Gasteiger charge is 2.62. The van der Waals surface area contributed by atoms with Gasteiger partial charge in [-0.05, 0) is 102 Å². The third-order valence-corrected chi connectivity index (χ3v) is 26.9. The van der Waals surface area contributed by atoms with Crippen molar-refractivity contribution in [3.05, 3.63) is 165 Å². The average Bonchev–Trinajstić information content (AvgIpc) is 0.812. The molecule has 2 atom stereocenters. The molecule has 0 saturated carbocycles. The number of aromatic nitrogens is 6. The molecule has 139 heavy (non-hydrogen) atoms. The average molecular weight is 1850 g/mol. The molecule has 0 spiro atoms. The smallest absolute Gasteiger partial charge is 0.354 e. The second-order valence-corrected chi connectivity index (χ2v) is 36.5. The van der Waals surface area contributed by atoms with E-state index < -0.39 is 214 Å². The quantitative estimate of drug-likeness (QED) is 0.0136. The zero-order chi connectivity index (χ0) is 104. The van der Waals surface area contributed by atoms with E-state index in [1.807, 2.05) is 15.7 Å². The Morgan fingerprint density at radius 2 is 0.777 bits per heavy atom. The summed E-state index contributed by atoms with van der Waals surface area (Å²) >= 11 is 21.1. The number of benzene rings is 2. The summed E-state index contributed by atoms with van der Waals surface area (Å²) in [6.07, 6.45) is -25.6. The minimum atomic E-state index is -1.42. The molecule has 2 saturated heterocycles. The van der Waals surface area contributed by atoms with Gasteiger partial charge in [-0.15, -0.1) is 22.7 Å². The number of nitrogens with zero attached hydrogens (tertiary/aromatic N) is 9. The van der Waals surface area contributed by atoms with Crippen molar-refractivity contribution in [2.75, 3.05) is 51.5 Å². The summed E-state index contributed by atoms with van der Waals surface area (Å²) < 4.78 is 48.0. The molecule has 83 heteroatoms. The first kappa shape index (κ1) is 126. The van der Waals surface area contributed by atoms with E-state index in [2.05, 4.69) is 45.9 Å². The number of aromatic carboxylic acids is 2. The maximum atomic E-state index is 13.9. The summed E-state index contributed by atoms with van der Waals surface area (Å²) in [6.45, 7) is 9.94. The lowest BCUT2D eigenvalue weighted by molar-refractivity contribution is -0.140. The number of nitrogens with one attached hydrogen (secondary N) is 3. The van der Waals surface area contributed by atoms with Crippen LogP contribution in [0.4, 0.5) is 19.1 Å². The topological polar surface area (TPSA) is 269 Å². The number of hydrogen-bond acceptors (Lipinski definition) is 20. The van der Waals surface area contributed by atoms with E-state index in [0.717, 1.165) is 38.7 Å². The van der Waals surface area contributed by atoms with Gasteiger partial charge in [0.2, 0.25) is 11.2 Å².